The molecule has 0 bridgehead atoms. The van der Waals surface area contributed by atoms with E-state index in [-0.39, 0.29) is 0 Å². The highest BCUT2D eigenvalue weighted by Crippen LogP contribution is 2.33. The van der Waals surface area contributed by atoms with Crippen molar-refractivity contribution in [1.82, 2.24) is 5.43 Å². The summed E-state index contributed by atoms with van der Waals surface area (Å²) in [5.74, 6) is 5.77. The summed E-state index contributed by atoms with van der Waals surface area (Å²) < 4.78 is 10.4. The molecule has 1 atom stereocenters. The van der Waals surface area contributed by atoms with Crippen LogP contribution in [0.2, 0.25) is 0 Å². The van der Waals surface area contributed by atoms with Gasteiger partial charge in [0, 0.05) is 11.1 Å². The molecule has 0 fully saturated rings. The molecule has 1 unspecified atom stereocenters. The molecule has 1 amide bonds. The van der Waals surface area contributed by atoms with Crippen molar-refractivity contribution >= 4 is 5.91 Å². The zero-order valence-electron chi connectivity index (χ0n) is 10.1. The number of amides is 1. The zero-order valence-corrected chi connectivity index (χ0v) is 10.1. The average molecular weight is 239 g/mol. The predicted octanol–water partition coefficient (Wildman–Crippen LogP) is 0.00192. The van der Waals surface area contributed by atoms with Crippen LogP contribution in [0.5, 0.6) is 11.5 Å². The molecule has 5 N–H and O–H groups in total. The van der Waals surface area contributed by atoms with Crippen molar-refractivity contribution in [3.63, 3.8) is 0 Å². The summed E-state index contributed by atoms with van der Waals surface area (Å²) in [6.07, 6.45) is 0. The largest absolute Gasteiger partial charge is 0.496 e. The van der Waals surface area contributed by atoms with Crippen molar-refractivity contribution < 1.29 is 14.3 Å². The fourth-order valence-corrected chi connectivity index (χ4v) is 1.66. The maximum atomic E-state index is 11.4. The molecule has 0 spiro atoms. The van der Waals surface area contributed by atoms with Crippen molar-refractivity contribution in [3.05, 3.63) is 23.3 Å². The number of nitrogens with one attached hydrogen (secondary N) is 1. The van der Waals surface area contributed by atoms with Gasteiger partial charge in [-0.15, -0.1) is 0 Å². The van der Waals surface area contributed by atoms with Gasteiger partial charge in [-0.05, 0) is 19.1 Å². The van der Waals surface area contributed by atoms with Crippen LogP contribution in [0.15, 0.2) is 12.1 Å². The number of carbonyl (C=O) groups excluding carboxylic acids is 1. The van der Waals surface area contributed by atoms with Gasteiger partial charge in [-0.25, -0.2) is 5.84 Å². The van der Waals surface area contributed by atoms with Gasteiger partial charge in [0.15, 0.2) is 0 Å². The molecule has 6 nitrogen and oxygen atoms in total. The standard InChI is InChI=1S/C11H17N3O3/c1-6-8(16-2)5-4-7(10(6)17-3)9(12)11(15)14-13/h4-5,9H,12-13H2,1-3H3,(H,14,15). The zero-order chi connectivity index (χ0) is 13.0. The van der Waals surface area contributed by atoms with E-state index in [9.17, 15) is 4.79 Å². The van der Waals surface area contributed by atoms with Crippen LogP contribution in [-0.4, -0.2) is 20.1 Å². The Morgan fingerprint density at radius 1 is 1.35 bits per heavy atom. The van der Waals surface area contributed by atoms with Crippen LogP contribution in [0, 0.1) is 6.92 Å². The van der Waals surface area contributed by atoms with Crippen molar-refractivity contribution in [2.24, 2.45) is 11.6 Å². The summed E-state index contributed by atoms with van der Waals surface area (Å²) in [6.45, 7) is 1.83. The first-order chi connectivity index (χ1) is 8.06. The summed E-state index contributed by atoms with van der Waals surface area (Å²) in [6, 6.07) is 2.54. The van der Waals surface area contributed by atoms with Crippen LogP contribution < -0.4 is 26.5 Å². The highest BCUT2D eigenvalue weighted by atomic mass is 16.5. The Kier molecular flexibility index (Phi) is 4.30. The van der Waals surface area contributed by atoms with Crippen molar-refractivity contribution in [1.29, 1.82) is 0 Å². The Morgan fingerprint density at radius 2 is 2.00 bits per heavy atom. The van der Waals surface area contributed by atoms with Gasteiger partial charge in [-0.3, -0.25) is 10.2 Å². The first-order valence-corrected chi connectivity index (χ1v) is 5.04. The third-order valence-electron chi connectivity index (χ3n) is 2.57. The molecule has 17 heavy (non-hydrogen) atoms. The highest BCUT2D eigenvalue weighted by molar-refractivity contribution is 5.83. The lowest BCUT2D eigenvalue weighted by Gasteiger charge is -2.17. The molecule has 94 valence electrons. The maximum absolute atomic E-state index is 11.4. The minimum Gasteiger partial charge on any atom is -0.496 e. The van der Waals surface area contributed by atoms with E-state index >= 15 is 0 Å². The Bertz CT molecular complexity index is 421. The summed E-state index contributed by atoms with van der Waals surface area (Å²) in [5.41, 5.74) is 9.13. The second kappa shape index (κ2) is 5.51. The third-order valence-corrected chi connectivity index (χ3v) is 2.57. The van der Waals surface area contributed by atoms with Crippen LogP contribution in [0.3, 0.4) is 0 Å². The van der Waals surface area contributed by atoms with Gasteiger partial charge >= 0.3 is 0 Å². The summed E-state index contributed by atoms with van der Waals surface area (Å²) in [4.78, 5) is 11.4. The number of carbonyl (C=O) groups is 1. The second-order valence-electron chi connectivity index (χ2n) is 3.50. The van der Waals surface area contributed by atoms with E-state index in [1.165, 1.54) is 7.11 Å². The summed E-state index contributed by atoms with van der Waals surface area (Å²) in [5, 5.41) is 0. The van der Waals surface area contributed by atoms with E-state index < -0.39 is 11.9 Å². The van der Waals surface area contributed by atoms with Gasteiger partial charge in [0.2, 0.25) is 0 Å². The topological polar surface area (TPSA) is 99.6 Å². The average Bonchev–Trinajstić information content (AvgIpc) is 2.36. The lowest BCUT2D eigenvalue weighted by Crippen LogP contribution is -2.38. The van der Waals surface area contributed by atoms with Crippen LogP contribution in [0.4, 0.5) is 0 Å². The molecule has 1 rings (SSSR count). The van der Waals surface area contributed by atoms with E-state index in [0.29, 0.717) is 17.1 Å². The molecule has 6 heteroatoms. The Morgan fingerprint density at radius 3 is 2.47 bits per heavy atom. The number of hydrogen-bond donors (Lipinski definition) is 3. The molecular formula is C11H17N3O3. The lowest BCUT2D eigenvalue weighted by atomic mass is 10.0. The summed E-state index contributed by atoms with van der Waals surface area (Å²) in [7, 11) is 3.08. The number of ether oxygens (including phenoxy) is 2. The number of nitrogens with two attached hydrogens (primary N) is 2. The number of rotatable bonds is 4. The van der Waals surface area contributed by atoms with E-state index in [0.717, 1.165) is 5.56 Å². The fraction of sp³-hybridized carbons (Fsp3) is 0.364. The predicted molar refractivity (Wildman–Crippen MR) is 63.5 cm³/mol. The smallest absolute Gasteiger partial charge is 0.255 e. The molecule has 0 saturated carbocycles. The van der Waals surface area contributed by atoms with E-state index in [2.05, 4.69) is 0 Å². The third kappa shape index (κ3) is 2.48. The highest BCUT2D eigenvalue weighted by Gasteiger charge is 2.21. The molecular weight excluding hydrogens is 222 g/mol. The van der Waals surface area contributed by atoms with Crippen LogP contribution >= 0.6 is 0 Å². The van der Waals surface area contributed by atoms with E-state index in [1.54, 1.807) is 19.2 Å². The number of hydrazine groups is 1. The molecule has 0 saturated heterocycles. The maximum Gasteiger partial charge on any atom is 0.255 e. The van der Waals surface area contributed by atoms with Gasteiger partial charge in [-0.2, -0.15) is 0 Å². The number of methoxy groups -OCH3 is 2. The first kappa shape index (κ1) is 13.3. The molecule has 0 heterocycles. The molecule has 0 aliphatic carbocycles. The number of hydrogen-bond acceptors (Lipinski definition) is 5. The first-order valence-electron chi connectivity index (χ1n) is 5.04. The second-order valence-corrected chi connectivity index (χ2v) is 3.50. The van der Waals surface area contributed by atoms with Crippen molar-refractivity contribution in [3.8, 4) is 11.5 Å². The quantitative estimate of drug-likeness (QED) is 0.390. The Balaban J connectivity index is 3.25. The van der Waals surface area contributed by atoms with Gasteiger partial charge in [-0.1, -0.05) is 0 Å². The van der Waals surface area contributed by atoms with Gasteiger partial charge in [0.1, 0.15) is 17.5 Å². The molecule has 0 aliphatic heterocycles. The minimum atomic E-state index is -0.875. The molecule has 0 radical (unpaired) electrons. The summed E-state index contributed by atoms with van der Waals surface area (Å²) >= 11 is 0. The molecule has 1 aromatic carbocycles. The Labute approximate surface area is 99.8 Å². The normalized spacial score (nSPS) is 11.8. The molecule has 0 aliphatic rings. The van der Waals surface area contributed by atoms with E-state index in [1.807, 2.05) is 12.3 Å². The number of benzene rings is 1. The van der Waals surface area contributed by atoms with Gasteiger partial charge < -0.3 is 15.2 Å². The molecule has 0 aromatic heterocycles. The molecule has 1 aromatic rings. The monoisotopic (exact) mass is 239 g/mol. The fourth-order valence-electron chi connectivity index (χ4n) is 1.66. The van der Waals surface area contributed by atoms with Crippen LogP contribution in [0.25, 0.3) is 0 Å². The van der Waals surface area contributed by atoms with Crippen molar-refractivity contribution in [2.75, 3.05) is 14.2 Å². The van der Waals surface area contributed by atoms with E-state index in [4.69, 9.17) is 21.1 Å². The lowest BCUT2D eigenvalue weighted by molar-refractivity contribution is -0.122. The Hall–Kier alpha value is -1.79. The van der Waals surface area contributed by atoms with Crippen molar-refractivity contribution in [2.45, 2.75) is 13.0 Å². The SMILES string of the molecule is COc1ccc(C(N)C(=O)NN)c(OC)c1C. The van der Waals surface area contributed by atoms with Crippen LogP contribution in [-0.2, 0) is 4.79 Å². The van der Waals surface area contributed by atoms with Gasteiger partial charge in [0.25, 0.3) is 5.91 Å². The van der Waals surface area contributed by atoms with Crippen LogP contribution in [0.1, 0.15) is 17.2 Å². The minimum absolute atomic E-state index is 0.479. The van der Waals surface area contributed by atoms with Gasteiger partial charge in [0.05, 0.1) is 14.2 Å².